The van der Waals surface area contributed by atoms with Crippen molar-refractivity contribution in [1.29, 1.82) is 0 Å². The van der Waals surface area contributed by atoms with Crippen LogP contribution in [0.25, 0.3) is 0 Å². The largest absolute Gasteiger partial charge is 0.265 e. The summed E-state index contributed by atoms with van der Waals surface area (Å²) in [5, 5.41) is 0. The van der Waals surface area contributed by atoms with Gasteiger partial charge in [-0.15, -0.1) is 0 Å². The first-order valence-electron chi connectivity index (χ1n) is 13.6. The molecule has 2 aliphatic heterocycles. The number of hydrogen-bond donors (Lipinski definition) is 0. The molecule has 2 aliphatic carbocycles. The molecule has 0 aromatic rings. The molecular formula is C34H54N2. The molecule has 4 aliphatic rings. The third-order valence-electron chi connectivity index (χ3n) is 6.30. The molecule has 0 spiro atoms. The molecule has 2 heteroatoms. The Balaban J connectivity index is 0.000000240. The minimum Gasteiger partial charge on any atom is -0.265 e. The van der Waals surface area contributed by atoms with E-state index in [9.17, 15) is 0 Å². The maximum atomic E-state index is 4.24. The molecule has 0 fully saturated rings. The number of hydrogen-bond acceptors (Lipinski definition) is 2. The van der Waals surface area contributed by atoms with E-state index in [0.29, 0.717) is 10.8 Å². The second kappa shape index (κ2) is 13.4. The van der Waals surface area contributed by atoms with Crippen LogP contribution < -0.4 is 0 Å². The van der Waals surface area contributed by atoms with Gasteiger partial charge in [0, 0.05) is 47.5 Å². The van der Waals surface area contributed by atoms with Crippen molar-refractivity contribution < 1.29 is 0 Å². The molecule has 0 atom stereocenters. The lowest BCUT2D eigenvalue weighted by atomic mass is 9.86. The van der Waals surface area contributed by atoms with Crippen LogP contribution >= 0.6 is 0 Å². The normalized spacial score (nSPS) is 18.3. The van der Waals surface area contributed by atoms with Gasteiger partial charge in [0.15, 0.2) is 0 Å². The Morgan fingerprint density at radius 2 is 1.31 bits per heavy atom. The SMILES string of the molecule is CC(C)(C)C1=CC=CC1.CC(C)(C)C1=CCC=C1.CC(C)(C)C1=CCC=N1.CC(C)(C)C1=NC=CC1. The van der Waals surface area contributed by atoms with Gasteiger partial charge in [0.2, 0.25) is 0 Å². The van der Waals surface area contributed by atoms with E-state index in [0.717, 1.165) is 25.7 Å². The van der Waals surface area contributed by atoms with Crippen LogP contribution in [0.15, 0.2) is 81.6 Å². The summed E-state index contributed by atoms with van der Waals surface area (Å²) < 4.78 is 0. The van der Waals surface area contributed by atoms with Gasteiger partial charge in [-0.1, -0.05) is 137 Å². The predicted molar refractivity (Wildman–Crippen MR) is 164 cm³/mol. The smallest absolute Gasteiger partial charge is 0.0417 e. The van der Waals surface area contributed by atoms with Crippen molar-refractivity contribution in [3.05, 3.63) is 71.7 Å². The molecule has 36 heavy (non-hydrogen) atoms. The van der Waals surface area contributed by atoms with E-state index in [2.05, 4.69) is 142 Å². The first-order valence-corrected chi connectivity index (χ1v) is 13.6. The van der Waals surface area contributed by atoms with Crippen molar-refractivity contribution in [2.24, 2.45) is 31.6 Å². The zero-order chi connectivity index (χ0) is 27.6. The summed E-state index contributed by atoms with van der Waals surface area (Å²) in [5.74, 6) is 0. The lowest BCUT2D eigenvalue weighted by molar-refractivity contribution is 0.496. The van der Waals surface area contributed by atoms with E-state index >= 15 is 0 Å². The number of allylic oxidation sites excluding steroid dienone is 11. The zero-order valence-corrected chi connectivity index (χ0v) is 25.5. The van der Waals surface area contributed by atoms with Crippen LogP contribution in [-0.4, -0.2) is 11.9 Å². The van der Waals surface area contributed by atoms with Crippen molar-refractivity contribution in [2.75, 3.05) is 0 Å². The summed E-state index contributed by atoms with van der Waals surface area (Å²) in [6, 6.07) is 0. The fourth-order valence-corrected chi connectivity index (χ4v) is 3.75. The maximum Gasteiger partial charge on any atom is 0.0417 e. The molecule has 0 unspecified atom stereocenters. The molecule has 4 rings (SSSR count). The van der Waals surface area contributed by atoms with E-state index in [1.54, 1.807) is 5.57 Å². The van der Waals surface area contributed by atoms with Gasteiger partial charge in [0.25, 0.3) is 0 Å². The topological polar surface area (TPSA) is 24.7 Å². The van der Waals surface area contributed by atoms with E-state index in [1.165, 1.54) is 17.0 Å². The maximum absolute atomic E-state index is 4.24. The van der Waals surface area contributed by atoms with E-state index in [1.807, 2.05) is 12.4 Å². The highest BCUT2D eigenvalue weighted by Gasteiger charge is 2.19. The van der Waals surface area contributed by atoms with Gasteiger partial charge in [-0.25, -0.2) is 0 Å². The lowest BCUT2D eigenvalue weighted by Crippen LogP contribution is -2.17. The van der Waals surface area contributed by atoms with Gasteiger partial charge >= 0.3 is 0 Å². The predicted octanol–water partition coefficient (Wildman–Crippen LogP) is 10.6. The van der Waals surface area contributed by atoms with Gasteiger partial charge in [-0.05, 0) is 29.2 Å². The molecule has 0 aromatic carbocycles. The van der Waals surface area contributed by atoms with Crippen molar-refractivity contribution in [3.63, 3.8) is 0 Å². The second-order valence-corrected chi connectivity index (χ2v) is 13.9. The summed E-state index contributed by atoms with van der Waals surface area (Å²) in [6.45, 7) is 26.6. The summed E-state index contributed by atoms with van der Waals surface area (Å²) in [4.78, 5) is 8.49. The Kier molecular flexibility index (Phi) is 11.8. The molecule has 2 heterocycles. The Morgan fingerprint density at radius 1 is 0.639 bits per heavy atom. The first-order chi connectivity index (χ1) is 16.4. The minimum absolute atomic E-state index is 0.243. The average molecular weight is 491 g/mol. The molecule has 0 saturated carbocycles. The summed E-state index contributed by atoms with van der Waals surface area (Å²) in [5.41, 5.74) is 6.78. The molecule has 0 N–H and O–H groups in total. The summed E-state index contributed by atoms with van der Waals surface area (Å²) in [6.07, 6.45) is 25.8. The molecule has 0 aromatic heterocycles. The van der Waals surface area contributed by atoms with Crippen LogP contribution in [0.2, 0.25) is 0 Å². The van der Waals surface area contributed by atoms with Crippen molar-refractivity contribution in [2.45, 2.75) is 109 Å². The number of rotatable bonds is 0. The van der Waals surface area contributed by atoms with Crippen LogP contribution in [0, 0.1) is 21.7 Å². The van der Waals surface area contributed by atoms with Crippen LogP contribution in [0.4, 0.5) is 0 Å². The van der Waals surface area contributed by atoms with Crippen molar-refractivity contribution >= 4 is 11.9 Å². The quantitative estimate of drug-likeness (QED) is 0.322. The van der Waals surface area contributed by atoms with Gasteiger partial charge in [-0.3, -0.25) is 9.98 Å². The van der Waals surface area contributed by atoms with Gasteiger partial charge in [0.05, 0.1) is 0 Å². The highest BCUT2D eigenvalue weighted by molar-refractivity contribution is 5.92. The third kappa shape index (κ3) is 12.2. The first kappa shape index (κ1) is 31.8. The van der Waals surface area contributed by atoms with Crippen LogP contribution in [0.1, 0.15) is 109 Å². The zero-order valence-electron chi connectivity index (χ0n) is 25.5. The standard InChI is InChI=1S/2C9H14.2C8H13N/c2*1-9(2,3)8-6-4-5-7-8;2*1-8(2,3)7-5-4-6-9-7/h4,6-7H,5H2,1-3H3;4-6H,7H2,1-3H3;5-6H,4H2,1-3H3;4,6H,5H2,1-3H3. The molecule has 2 nitrogen and oxygen atoms in total. The van der Waals surface area contributed by atoms with Crippen molar-refractivity contribution in [3.8, 4) is 0 Å². The van der Waals surface area contributed by atoms with E-state index < -0.39 is 0 Å². The monoisotopic (exact) mass is 490 g/mol. The van der Waals surface area contributed by atoms with Crippen molar-refractivity contribution in [1.82, 2.24) is 0 Å². The van der Waals surface area contributed by atoms with Crippen LogP contribution in [-0.2, 0) is 0 Å². The molecule has 200 valence electrons. The minimum atomic E-state index is 0.243. The molecule has 0 amide bonds. The Labute approximate surface area is 223 Å². The molecular weight excluding hydrogens is 436 g/mol. The Hall–Kier alpha value is -2.22. The highest BCUT2D eigenvalue weighted by Crippen LogP contribution is 2.31. The number of aliphatic imine (C=N–C) groups is 2. The lowest BCUT2D eigenvalue weighted by Gasteiger charge is -2.19. The average Bonchev–Trinajstić information content (AvgIpc) is 3.57. The molecule has 0 radical (unpaired) electrons. The molecule has 0 bridgehead atoms. The van der Waals surface area contributed by atoms with E-state index in [4.69, 9.17) is 0 Å². The Morgan fingerprint density at radius 3 is 1.53 bits per heavy atom. The fourth-order valence-electron chi connectivity index (χ4n) is 3.75. The fraction of sp³-hybridized carbons (Fsp3) is 0.588. The second-order valence-electron chi connectivity index (χ2n) is 13.9. The Bertz CT molecular complexity index is 865. The van der Waals surface area contributed by atoms with Gasteiger partial charge in [0.1, 0.15) is 0 Å². The highest BCUT2D eigenvalue weighted by atomic mass is 14.8. The summed E-state index contributed by atoms with van der Waals surface area (Å²) in [7, 11) is 0. The summed E-state index contributed by atoms with van der Waals surface area (Å²) >= 11 is 0. The van der Waals surface area contributed by atoms with Gasteiger partial charge in [-0.2, -0.15) is 0 Å². The van der Waals surface area contributed by atoms with Gasteiger partial charge < -0.3 is 0 Å². The number of nitrogens with zero attached hydrogens (tertiary/aromatic N) is 2. The molecule has 0 saturated heterocycles. The third-order valence-corrected chi connectivity index (χ3v) is 6.30. The van der Waals surface area contributed by atoms with Crippen LogP contribution in [0.3, 0.4) is 0 Å². The van der Waals surface area contributed by atoms with Crippen LogP contribution in [0.5, 0.6) is 0 Å². The van der Waals surface area contributed by atoms with E-state index in [-0.39, 0.29) is 10.8 Å².